The fourth-order valence-corrected chi connectivity index (χ4v) is 3.49. The monoisotopic (exact) mass is 318 g/mol. The Morgan fingerprint density at radius 2 is 1.87 bits per heavy atom. The molecule has 1 aromatic carbocycles. The molecule has 1 aliphatic rings. The first-order valence-corrected chi connectivity index (χ1v) is 9.09. The molecule has 0 spiro atoms. The molecule has 1 saturated heterocycles. The van der Waals surface area contributed by atoms with Crippen molar-refractivity contribution >= 4 is 0 Å². The molecule has 128 valence electrons. The first kappa shape index (κ1) is 18.0. The summed E-state index contributed by atoms with van der Waals surface area (Å²) in [6.07, 6.45) is 5.24. The predicted octanol–water partition coefficient (Wildman–Crippen LogP) is 0.604. The van der Waals surface area contributed by atoms with Crippen LogP contribution in [0.15, 0.2) is 24.8 Å². The fraction of sp³-hybridized carbons (Fsp3) is 0.600. The lowest BCUT2D eigenvalue weighted by Gasteiger charge is -2.27. The second-order valence-electron chi connectivity index (χ2n) is 7.08. The minimum atomic E-state index is 0.826. The average molecular weight is 319 g/mol. The number of hydrogen-bond acceptors (Lipinski definition) is 1. The van der Waals surface area contributed by atoms with Crippen LogP contribution >= 0.6 is 0 Å². The Labute approximate surface area is 141 Å². The van der Waals surface area contributed by atoms with E-state index in [0.717, 1.165) is 25.2 Å². The Bertz CT molecular complexity index is 505. The largest absolute Gasteiger partial charge is 0.493 e. The predicted molar refractivity (Wildman–Crippen MR) is 96.7 cm³/mol. The molecule has 0 aliphatic carbocycles. The lowest BCUT2D eigenvalue weighted by atomic mass is 10.0. The molecule has 0 unspecified atom stereocenters. The van der Waals surface area contributed by atoms with Crippen LogP contribution in [0.4, 0.5) is 0 Å². The van der Waals surface area contributed by atoms with Gasteiger partial charge in [-0.3, -0.25) is 0 Å². The topological polar surface area (TPSA) is 18.1 Å². The molecule has 1 fully saturated rings. The maximum atomic E-state index is 6.12. The first-order valence-electron chi connectivity index (χ1n) is 9.09. The van der Waals surface area contributed by atoms with Gasteiger partial charge < -0.3 is 14.5 Å². The van der Waals surface area contributed by atoms with Gasteiger partial charge in [0.1, 0.15) is 31.9 Å². The summed E-state index contributed by atoms with van der Waals surface area (Å²) in [5, 5.41) is 0. The van der Waals surface area contributed by atoms with Crippen molar-refractivity contribution in [2.24, 2.45) is 0 Å². The zero-order chi connectivity index (χ0) is 16.7. The van der Waals surface area contributed by atoms with Crippen LogP contribution < -0.4 is 14.5 Å². The van der Waals surface area contributed by atoms with Crippen molar-refractivity contribution in [1.82, 2.24) is 0 Å². The number of quaternary nitrogens is 2. The van der Waals surface area contributed by atoms with Crippen LogP contribution in [0.3, 0.4) is 0 Å². The highest BCUT2D eigenvalue weighted by molar-refractivity contribution is 5.44. The van der Waals surface area contributed by atoms with Gasteiger partial charge in [0.15, 0.2) is 0 Å². The number of unbranched alkanes of at least 4 members (excludes halogenated alkanes) is 1. The quantitative estimate of drug-likeness (QED) is 0.531. The summed E-state index contributed by atoms with van der Waals surface area (Å²) in [5.74, 6) is 1.08. The van der Waals surface area contributed by atoms with Gasteiger partial charge in [-0.15, -0.1) is 6.58 Å². The molecule has 0 radical (unpaired) electrons. The number of rotatable bonds is 8. The second kappa shape index (κ2) is 9.09. The lowest BCUT2D eigenvalue weighted by molar-refractivity contribution is -1.00. The van der Waals surface area contributed by atoms with E-state index in [2.05, 4.69) is 39.6 Å². The summed E-state index contributed by atoms with van der Waals surface area (Å²) in [6, 6.07) is 4.43. The number of ether oxygens (including phenoxy) is 1. The van der Waals surface area contributed by atoms with Crippen molar-refractivity contribution in [2.75, 3.05) is 46.4 Å². The Kier molecular flexibility index (Phi) is 7.13. The first-order chi connectivity index (χ1) is 11.1. The van der Waals surface area contributed by atoms with E-state index in [1.165, 1.54) is 55.8 Å². The van der Waals surface area contributed by atoms with E-state index in [9.17, 15) is 0 Å². The fourth-order valence-electron chi connectivity index (χ4n) is 3.49. The van der Waals surface area contributed by atoms with Gasteiger partial charge in [0.2, 0.25) is 0 Å². The van der Waals surface area contributed by atoms with Crippen molar-refractivity contribution in [3.63, 3.8) is 0 Å². The molecule has 1 aliphatic heterocycles. The van der Waals surface area contributed by atoms with Gasteiger partial charge in [-0.2, -0.15) is 0 Å². The normalized spacial score (nSPS) is 21.2. The van der Waals surface area contributed by atoms with Gasteiger partial charge in [-0.1, -0.05) is 23.8 Å². The SMILES string of the molecule is C=CCc1cc(C)cc(C)c1OCCCC[NH+]1CC[NH+](C)CC1. The zero-order valence-corrected chi connectivity index (χ0v) is 15.2. The van der Waals surface area contributed by atoms with Crippen LogP contribution in [-0.2, 0) is 6.42 Å². The van der Waals surface area contributed by atoms with Gasteiger partial charge in [0.05, 0.1) is 20.2 Å². The van der Waals surface area contributed by atoms with E-state index in [1.54, 1.807) is 9.80 Å². The van der Waals surface area contributed by atoms with E-state index in [4.69, 9.17) is 4.74 Å². The van der Waals surface area contributed by atoms with Crippen LogP contribution in [0.25, 0.3) is 0 Å². The molecule has 0 saturated carbocycles. The van der Waals surface area contributed by atoms with E-state index >= 15 is 0 Å². The maximum absolute atomic E-state index is 6.12. The molecule has 2 rings (SSSR count). The Morgan fingerprint density at radius 1 is 1.13 bits per heavy atom. The van der Waals surface area contributed by atoms with E-state index in [0.29, 0.717) is 0 Å². The number of hydrogen-bond donors (Lipinski definition) is 2. The Balaban J connectivity index is 1.74. The number of piperazine rings is 1. The Hall–Kier alpha value is -1.32. The summed E-state index contributed by atoms with van der Waals surface area (Å²) in [6.45, 7) is 15.6. The number of benzene rings is 1. The number of likely N-dealkylation sites (N-methyl/N-ethyl adjacent to an activating group) is 1. The lowest BCUT2D eigenvalue weighted by Crippen LogP contribution is -3.27. The van der Waals surface area contributed by atoms with Crippen molar-refractivity contribution in [2.45, 2.75) is 33.1 Å². The highest BCUT2D eigenvalue weighted by Crippen LogP contribution is 2.26. The number of allylic oxidation sites excluding steroid dienone is 1. The van der Waals surface area contributed by atoms with Crippen molar-refractivity contribution in [3.8, 4) is 5.75 Å². The summed E-state index contributed by atoms with van der Waals surface area (Å²) < 4.78 is 6.12. The third-order valence-electron chi connectivity index (χ3n) is 4.84. The molecule has 0 bridgehead atoms. The average Bonchev–Trinajstić information content (AvgIpc) is 2.51. The summed E-state index contributed by atoms with van der Waals surface area (Å²) >= 11 is 0. The molecule has 3 heteroatoms. The van der Waals surface area contributed by atoms with Gasteiger partial charge in [0, 0.05) is 0 Å². The highest BCUT2D eigenvalue weighted by Gasteiger charge is 2.18. The van der Waals surface area contributed by atoms with Gasteiger partial charge in [-0.05, 0) is 44.2 Å². The molecule has 23 heavy (non-hydrogen) atoms. The summed E-state index contributed by atoms with van der Waals surface area (Å²) in [5.41, 5.74) is 3.81. The third kappa shape index (κ3) is 5.67. The molecule has 0 atom stereocenters. The summed E-state index contributed by atoms with van der Waals surface area (Å²) in [4.78, 5) is 3.45. The Morgan fingerprint density at radius 3 is 2.57 bits per heavy atom. The molecule has 1 aromatic rings. The number of aryl methyl sites for hydroxylation is 2. The van der Waals surface area contributed by atoms with Crippen molar-refractivity contribution in [1.29, 1.82) is 0 Å². The van der Waals surface area contributed by atoms with Crippen molar-refractivity contribution < 1.29 is 14.5 Å². The third-order valence-corrected chi connectivity index (χ3v) is 4.84. The van der Waals surface area contributed by atoms with Crippen LogP contribution in [-0.4, -0.2) is 46.4 Å². The van der Waals surface area contributed by atoms with Crippen LogP contribution in [0.1, 0.15) is 29.5 Å². The minimum absolute atomic E-state index is 0.826. The zero-order valence-electron chi connectivity index (χ0n) is 15.2. The second-order valence-corrected chi connectivity index (χ2v) is 7.08. The molecule has 0 aromatic heterocycles. The van der Waals surface area contributed by atoms with E-state index in [1.807, 2.05) is 6.08 Å². The molecular formula is C20H34N2O+2. The minimum Gasteiger partial charge on any atom is -0.493 e. The molecule has 3 nitrogen and oxygen atoms in total. The van der Waals surface area contributed by atoms with Gasteiger partial charge in [0.25, 0.3) is 0 Å². The van der Waals surface area contributed by atoms with E-state index in [-0.39, 0.29) is 0 Å². The standard InChI is InChI=1S/C20H32N2O/c1-5-8-19-16-17(2)15-18(3)20(19)23-14-7-6-9-22-12-10-21(4)11-13-22/h5,15-16H,1,6-14H2,2-4H3/p+2. The highest BCUT2D eigenvalue weighted by atomic mass is 16.5. The van der Waals surface area contributed by atoms with Crippen LogP contribution in [0.5, 0.6) is 5.75 Å². The summed E-state index contributed by atoms with van der Waals surface area (Å²) in [7, 11) is 2.30. The van der Waals surface area contributed by atoms with Crippen LogP contribution in [0.2, 0.25) is 0 Å². The van der Waals surface area contributed by atoms with Gasteiger partial charge >= 0.3 is 0 Å². The van der Waals surface area contributed by atoms with E-state index < -0.39 is 0 Å². The molecular weight excluding hydrogens is 284 g/mol. The molecule has 2 N–H and O–H groups in total. The smallest absolute Gasteiger partial charge is 0.127 e. The molecule has 1 heterocycles. The van der Waals surface area contributed by atoms with Gasteiger partial charge in [-0.25, -0.2) is 0 Å². The molecule has 0 amide bonds. The maximum Gasteiger partial charge on any atom is 0.127 e. The van der Waals surface area contributed by atoms with Crippen molar-refractivity contribution in [3.05, 3.63) is 41.5 Å². The van der Waals surface area contributed by atoms with Crippen LogP contribution in [0, 0.1) is 13.8 Å². The number of nitrogens with one attached hydrogen (secondary N) is 2.